The number of hydrogen-bond donors (Lipinski definition) is 0. The first-order valence-electron chi connectivity index (χ1n) is 14.4. The minimum absolute atomic E-state index is 0.0994. The molecule has 5 rings (SSSR count). The molecule has 0 N–H and O–H groups in total. The van der Waals surface area contributed by atoms with Crippen LogP contribution in [0.4, 0.5) is 8.78 Å². The van der Waals surface area contributed by atoms with Gasteiger partial charge in [-0.05, 0) is 117 Å². The van der Waals surface area contributed by atoms with Crippen LogP contribution in [0.3, 0.4) is 0 Å². The van der Waals surface area contributed by atoms with E-state index in [-0.39, 0.29) is 24.7 Å². The van der Waals surface area contributed by atoms with Crippen LogP contribution >= 0.6 is 0 Å². The standard InChI is InChI=1S/C34H40F2O2/c1-3-5-23-6-11-30-21-29(17-16-28(30)20-23)27-14-12-26(13-15-27)25-9-7-24(8-10-25)22-38-32-19-18-31(37-4-2)33(35)34(32)36/h3,5,7-10,12-14,18-19,23,27-30H,4,6,11,15-17,20-22H2,1-2H3/b5-3+. The summed E-state index contributed by atoms with van der Waals surface area (Å²) in [5.74, 6) is 1.90. The molecular weight excluding hydrogens is 478 g/mol. The monoisotopic (exact) mass is 518 g/mol. The van der Waals surface area contributed by atoms with E-state index >= 15 is 0 Å². The molecule has 0 bridgehead atoms. The number of rotatable bonds is 8. The molecule has 2 fully saturated rings. The van der Waals surface area contributed by atoms with Crippen LogP contribution in [0, 0.1) is 41.2 Å². The molecule has 38 heavy (non-hydrogen) atoms. The van der Waals surface area contributed by atoms with E-state index in [2.05, 4.69) is 49.4 Å². The molecule has 0 amide bonds. The molecule has 2 aromatic carbocycles. The summed E-state index contributed by atoms with van der Waals surface area (Å²) in [6.07, 6.45) is 21.3. The number of fused-ring (bicyclic) bond motifs is 1. The van der Waals surface area contributed by atoms with Gasteiger partial charge in [-0.3, -0.25) is 0 Å². The number of hydrogen-bond acceptors (Lipinski definition) is 2. The lowest BCUT2D eigenvalue weighted by Gasteiger charge is -2.43. The summed E-state index contributed by atoms with van der Waals surface area (Å²) in [6, 6.07) is 11.0. The van der Waals surface area contributed by atoms with Gasteiger partial charge in [0.15, 0.2) is 11.5 Å². The van der Waals surface area contributed by atoms with E-state index in [1.165, 1.54) is 61.8 Å². The van der Waals surface area contributed by atoms with E-state index < -0.39 is 11.6 Å². The first kappa shape index (κ1) is 26.7. The molecule has 0 saturated heterocycles. The largest absolute Gasteiger partial charge is 0.491 e. The van der Waals surface area contributed by atoms with Crippen LogP contribution in [0.25, 0.3) is 5.57 Å². The Morgan fingerprint density at radius 2 is 1.53 bits per heavy atom. The maximum Gasteiger partial charge on any atom is 0.204 e. The molecule has 2 aromatic rings. The third-order valence-corrected chi connectivity index (χ3v) is 8.89. The van der Waals surface area contributed by atoms with E-state index in [1.807, 2.05) is 12.1 Å². The summed E-state index contributed by atoms with van der Waals surface area (Å²) < 4.78 is 39.0. The van der Waals surface area contributed by atoms with Crippen LogP contribution in [-0.2, 0) is 6.61 Å². The molecule has 0 spiro atoms. The highest BCUT2D eigenvalue weighted by Crippen LogP contribution is 2.48. The Morgan fingerprint density at radius 3 is 2.21 bits per heavy atom. The molecular formula is C34H40F2O2. The highest BCUT2D eigenvalue weighted by atomic mass is 19.2. The van der Waals surface area contributed by atoms with Crippen molar-refractivity contribution >= 4 is 5.57 Å². The third-order valence-electron chi connectivity index (χ3n) is 8.89. The summed E-state index contributed by atoms with van der Waals surface area (Å²) >= 11 is 0. The predicted molar refractivity (Wildman–Crippen MR) is 150 cm³/mol. The van der Waals surface area contributed by atoms with Crippen LogP contribution in [-0.4, -0.2) is 6.61 Å². The fraction of sp³-hybridized carbons (Fsp3) is 0.471. The normalized spacial score (nSPS) is 27.2. The van der Waals surface area contributed by atoms with Gasteiger partial charge >= 0.3 is 0 Å². The Labute approximate surface area is 226 Å². The predicted octanol–water partition coefficient (Wildman–Crippen LogP) is 9.31. The van der Waals surface area contributed by atoms with Gasteiger partial charge in [-0.1, -0.05) is 54.6 Å². The number of benzene rings is 2. The maximum atomic E-state index is 14.3. The Hall–Kier alpha value is -2.88. The van der Waals surface area contributed by atoms with Crippen molar-refractivity contribution in [3.05, 3.63) is 89.5 Å². The van der Waals surface area contributed by atoms with Crippen LogP contribution in [0.2, 0.25) is 0 Å². The lowest BCUT2D eigenvalue weighted by molar-refractivity contribution is 0.0948. The maximum absolute atomic E-state index is 14.3. The summed E-state index contributed by atoms with van der Waals surface area (Å²) in [5.41, 5.74) is 3.34. The van der Waals surface area contributed by atoms with Crippen molar-refractivity contribution in [1.29, 1.82) is 0 Å². The van der Waals surface area contributed by atoms with Gasteiger partial charge < -0.3 is 9.47 Å². The van der Waals surface area contributed by atoms with E-state index in [0.717, 1.165) is 35.7 Å². The smallest absolute Gasteiger partial charge is 0.204 e. The Morgan fingerprint density at radius 1 is 0.842 bits per heavy atom. The van der Waals surface area contributed by atoms with Crippen molar-refractivity contribution in [2.75, 3.05) is 6.61 Å². The highest BCUT2D eigenvalue weighted by Gasteiger charge is 2.37. The quantitative estimate of drug-likeness (QED) is 0.324. The van der Waals surface area contributed by atoms with E-state index in [0.29, 0.717) is 5.92 Å². The molecule has 0 aliphatic heterocycles. The van der Waals surface area contributed by atoms with Gasteiger partial charge in [0, 0.05) is 0 Å². The third kappa shape index (κ3) is 6.06. The first-order valence-corrected chi connectivity index (χ1v) is 14.4. The Kier molecular flexibility index (Phi) is 8.66. The molecule has 5 atom stereocenters. The first-order chi connectivity index (χ1) is 18.6. The molecule has 202 valence electrons. The highest BCUT2D eigenvalue weighted by molar-refractivity contribution is 5.75. The van der Waals surface area contributed by atoms with Gasteiger partial charge in [-0.25, -0.2) is 0 Å². The lowest BCUT2D eigenvalue weighted by atomic mass is 9.62. The Balaban J connectivity index is 1.13. The van der Waals surface area contributed by atoms with E-state index in [4.69, 9.17) is 9.47 Å². The zero-order valence-electron chi connectivity index (χ0n) is 22.7. The van der Waals surface area contributed by atoms with Crippen molar-refractivity contribution in [1.82, 2.24) is 0 Å². The van der Waals surface area contributed by atoms with Gasteiger partial charge in [0.1, 0.15) is 6.61 Å². The minimum atomic E-state index is -1.02. The Bertz CT molecular complexity index is 1180. The van der Waals surface area contributed by atoms with Crippen LogP contribution in [0.5, 0.6) is 11.5 Å². The van der Waals surface area contributed by atoms with Crippen LogP contribution < -0.4 is 9.47 Å². The van der Waals surface area contributed by atoms with Crippen molar-refractivity contribution in [3.63, 3.8) is 0 Å². The summed E-state index contributed by atoms with van der Waals surface area (Å²) in [4.78, 5) is 0. The van der Waals surface area contributed by atoms with Gasteiger partial charge in [-0.15, -0.1) is 0 Å². The molecule has 0 radical (unpaired) electrons. The molecule has 2 saturated carbocycles. The van der Waals surface area contributed by atoms with Gasteiger partial charge in [0.25, 0.3) is 0 Å². The molecule has 4 heteroatoms. The van der Waals surface area contributed by atoms with Gasteiger partial charge in [0.2, 0.25) is 11.6 Å². The van der Waals surface area contributed by atoms with E-state index in [1.54, 1.807) is 6.92 Å². The summed E-state index contributed by atoms with van der Waals surface area (Å²) in [7, 11) is 0. The van der Waals surface area contributed by atoms with Crippen molar-refractivity contribution in [3.8, 4) is 11.5 Å². The molecule has 0 heterocycles. The minimum Gasteiger partial charge on any atom is -0.491 e. The number of halogens is 2. The van der Waals surface area contributed by atoms with Gasteiger partial charge in [-0.2, -0.15) is 8.78 Å². The molecule has 3 aliphatic rings. The molecule has 5 unspecified atom stereocenters. The van der Waals surface area contributed by atoms with Crippen LogP contribution in [0.15, 0.2) is 66.8 Å². The fourth-order valence-electron chi connectivity index (χ4n) is 6.85. The average molecular weight is 519 g/mol. The van der Waals surface area contributed by atoms with Crippen molar-refractivity contribution in [2.24, 2.45) is 29.6 Å². The topological polar surface area (TPSA) is 18.5 Å². The zero-order chi connectivity index (χ0) is 26.5. The zero-order valence-corrected chi connectivity index (χ0v) is 22.7. The number of allylic oxidation sites excluding steroid dienone is 6. The second kappa shape index (κ2) is 12.3. The molecule has 2 nitrogen and oxygen atoms in total. The molecule has 3 aliphatic carbocycles. The summed E-state index contributed by atoms with van der Waals surface area (Å²) in [5, 5.41) is 0. The van der Waals surface area contributed by atoms with Crippen molar-refractivity contribution < 1.29 is 18.3 Å². The van der Waals surface area contributed by atoms with Crippen LogP contribution in [0.1, 0.15) is 69.9 Å². The van der Waals surface area contributed by atoms with Crippen molar-refractivity contribution in [2.45, 2.75) is 65.4 Å². The van der Waals surface area contributed by atoms with Gasteiger partial charge in [0.05, 0.1) is 6.61 Å². The average Bonchev–Trinajstić information content (AvgIpc) is 2.95. The SMILES string of the molecule is C/C=C/C1CCC2CC(C3C=CC(c4ccc(COc5ccc(OCC)c(F)c5F)cc4)=CC3)CCC2C1. The summed E-state index contributed by atoms with van der Waals surface area (Å²) in [6.45, 7) is 4.32. The lowest BCUT2D eigenvalue weighted by Crippen LogP contribution is -2.33. The second-order valence-electron chi connectivity index (χ2n) is 11.2. The second-order valence-corrected chi connectivity index (χ2v) is 11.2. The molecule has 0 aromatic heterocycles. The van der Waals surface area contributed by atoms with E-state index in [9.17, 15) is 8.78 Å². The fourth-order valence-corrected chi connectivity index (χ4v) is 6.85. The number of ether oxygens (including phenoxy) is 2.